The van der Waals surface area contributed by atoms with Gasteiger partial charge in [-0.25, -0.2) is 0 Å². The zero-order chi connectivity index (χ0) is 12.0. The number of nitrogen functional groups attached to an aromatic ring is 1. The van der Waals surface area contributed by atoms with Crippen molar-refractivity contribution in [2.45, 2.75) is 25.9 Å². The first kappa shape index (κ1) is 10.2. The van der Waals surface area contributed by atoms with Crippen molar-refractivity contribution in [1.82, 2.24) is 5.16 Å². The standard InChI is InChI=1S/C13H14N2O2/c1-13(2)7-9-4-3-8(5-10(9)16-13)11-6-12(14)15-17-11/h3-6H,7H2,1-2H3,(H2,14,15). The number of anilines is 1. The first-order valence-electron chi connectivity index (χ1n) is 5.58. The van der Waals surface area contributed by atoms with Gasteiger partial charge < -0.3 is 15.0 Å². The molecule has 1 aliphatic heterocycles. The highest BCUT2D eigenvalue weighted by atomic mass is 16.5. The number of nitrogens with zero attached hydrogens (tertiary/aromatic N) is 1. The lowest BCUT2D eigenvalue weighted by Crippen LogP contribution is -2.24. The number of rotatable bonds is 1. The molecular weight excluding hydrogens is 216 g/mol. The van der Waals surface area contributed by atoms with Gasteiger partial charge in [-0.2, -0.15) is 0 Å². The van der Waals surface area contributed by atoms with E-state index < -0.39 is 0 Å². The summed E-state index contributed by atoms with van der Waals surface area (Å²) in [4.78, 5) is 0. The Morgan fingerprint density at radius 1 is 1.29 bits per heavy atom. The molecule has 0 saturated carbocycles. The summed E-state index contributed by atoms with van der Waals surface area (Å²) in [5.74, 6) is 1.97. The van der Waals surface area contributed by atoms with E-state index in [1.807, 2.05) is 12.1 Å². The SMILES string of the molecule is CC1(C)Cc2ccc(-c3cc(N)no3)cc2O1. The summed E-state index contributed by atoms with van der Waals surface area (Å²) in [6.07, 6.45) is 0.932. The van der Waals surface area contributed by atoms with Gasteiger partial charge in [0.1, 0.15) is 11.4 Å². The van der Waals surface area contributed by atoms with Crippen LogP contribution < -0.4 is 10.5 Å². The van der Waals surface area contributed by atoms with Crippen LogP contribution in [0.3, 0.4) is 0 Å². The maximum Gasteiger partial charge on any atom is 0.169 e. The topological polar surface area (TPSA) is 61.3 Å². The molecule has 0 amide bonds. The van der Waals surface area contributed by atoms with E-state index in [1.165, 1.54) is 5.56 Å². The van der Waals surface area contributed by atoms with Crippen molar-refractivity contribution < 1.29 is 9.26 Å². The Morgan fingerprint density at radius 3 is 2.82 bits per heavy atom. The number of benzene rings is 1. The molecule has 88 valence electrons. The molecule has 1 aliphatic rings. The van der Waals surface area contributed by atoms with Gasteiger partial charge >= 0.3 is 0 Å². The van der Waals surface area contributed by atoms with E-state index in [9.17, 15) is 0 Å². The minimum atomic E-state index is -0.124. The Kier molecular flexibility index (Phi) is 1.96. The highest BCUT2D eigenvalue weighted by Gasteiger charge is 2.30. The van der Waals surface area contributed by atoms with Crippen LogP contribution in [0.25, 0.3) is 11.3 Å². The molecule has 2 aromatic rings. The van der Waals surface area contributed by atoms with Crippen LogP contribution >= 0.6 is 0 Å². The van der Waals surface area contributed by atoms with Crippen LogP contribution in [-0.2, 0) is 6.42 Å². The molecule has 4 nitrogen and oxygen atoms in total. The first-order chi connectivity index (χ1) is 8.03. The Balaban J connectivity index is 2.01. The summed E-state index contributed by atoms with van der Waals surface area (Å²) >= 11 is 0. The van der Waals surface area contributed by atoms with Crippen molar-refractivity contribution >= 4 is 5.82 Å². The van der Waals surface area contributed by atoms with Crippen molar-refractivity contribution in [3.8, 4) is 17.1 Å². The summed E-state index contributed by atoms with van der Waals surface area (Å²) in [7, 11) is 0. The summed E-state index contributed by atoms with van der Waals surface area (Å²) < 4.78 is 11.0. The number of aromatic nitrogens is 1. The van der Waals surface area contributed by atoms with E-state index in [0.29, 0.717) is 11.6 Å². The number of hydrogen-bond acceptors (Lipinski definition) is 4. The van der Waals surface area contributed by atoms with Gasteiger partial charge in [0.05, 0.1) is 0 Å². The molecule has 0 spiro atoms. The van der Waals surface area contributed by atoms with Crippen LogP contribution in [0.4, 0.5) is 5.82 Å². The predicted molar refractivity (Wildman–Crippen MR) is 64.8 cm³/mol. The van der Waals surface area contributed by atoms with Crippen molar-refractivity contribution in [3.05, 3.63) is 29.8 Å². The third-order valence-electron chi connectivity index (χ3n) is 2.88. The minimum absolute atomic E-state index is 0.124. The highest BCUT2D eigenvalue weighted by Crippen LogP contribution is 2.37. The van der Waals surface area contributed by atoms with Crippen LogP contribution in [-0.4, -0.2) is 10.8 Å². The molecule has 17 heavy (non-hydrogen) atoms. The maximum atomic E-state index is 5.87. The zero-order valence-electron chi connectivity index (χ0n) is 9.86. The fourth-order valence-corrected chi connectivity index (χ4v) is 2.17. The summed E-state index contributed by atoms with van der Waals surface area (Å²) in [6, 6.07) is 7.76. The van der Waals surface area contributed by atoms with Crippen LogP contribution in [0.2, 0.25) is 0 Å². The largest absolute Gasteiger partial charge is 0.487 e. The molecule has 2 heterocycles. The van der Waals surface area contributed by atoms with Crippen LogP contribution in [0, 0.1) is 0 Å². The Bertz CT molecular complexity index is 573. The second-order valence-electron chi connectivity index (χ2n) is 4.98. The smallest absolute Gasteiger partial charge is 0.169 e. The molecule has 2 N–H and O–H groups in total. The van der Waals surface area contributed by atoms with Gasteiger partial charge in [0, 0.05) is 18.1 Å². The van der Waals surface area contributed by atoms with Crippen molar-refractivity contribution in [2.75, 3.05) is 5.73 Å². The average molecular weight is 230 g/mol. The van der Waals surface area contributed by atoms with Gasteiger partial charge in [-0.1, -0.05) is 17.3 Å². The molecular formula is C13H14N2O2. The van der Waals surface area contributed by atoms with E-state index >= 15 is 0 Å². The van der Waals surface area contributed by atoms with Crippen molar-refractivity contribution in [3.63, 3.8) is 0 Å². The number of ether oxygens (including phenoxy) is 1. The first-order valence-corrected chi connectivity index (χ1v) is 5.58. The van der Waals surface area contributed by atoms with Gasteiger partial charge in [0.2, 0.25) is 0 Å². The molecule has 1 aromatic carbocycles. The second kappa shape index (κ2) is 3.26. The molecule has 0 unspecified atom stereocenters. The number of fused-ring (bicyclic) bond motifs is 1. The fraction of sp³-hybridized carbons (Fsp3) is 0.308. The molecule has 4 heteroatoms. The van der Waals surface area contributed by atoms with E-state index in [-0.39, 0.29) is 5.60 Å². The Morgan fingerprint density at radius 2 is 2.12 bits per heavy atom. The molecule has 0 saturated heterocycles. The summed E-state index contributed by atoms with van der Waals surface area (Å²) in [5, 5.41) is 3.68. The van der Waals surface area contributed by atoms with E-state index in [1.54, 1.807) is 6.07 Å². The number of hydrogen-bond donors (Lipinski definition) is 1. The van der Waals surface area contributed by atoms with Gasteiger partial charge in [-0.3, -0.25) is 0 Å². The third-order valence-corrected chi connectivity index (χ3v) is 2.88. The lowest BCUT2D eigenvalue weighted by Gasteiger charge is -2.16. The van der Waals surface area contributed by atoms with E-state index in [2.05, 4.69) is 25.1 Å². The zero-order valence-corrected chi connectivity index (χ0v) is 9.86. The third kappa shape index (κ3) is 1.75. The van der Waals surface area contributed by atoms with Crippen molar-refractivity contribution in [1.29, 1.82) is 0 Å². The van der Waals surface area contributed by atoms with Crippen LogP contribution in [0.15, 0.2) is 28.8 Å². The van der Waals surface area contributed by atoms with Gasteiger partial charge in [-0.15, -0.1) is 0 Å². The predicted octanol–water partition coefficient (Wildman–Crippen LogP) is 2.64. The van der Waals surface area contributed by atoms with Gasteiger partial charge in [0.25, 0.3) is 0 Å². The van der Waals surface area contributed by atoms with E-state index in [0.717, 1.165) is 17.7 Å². The quantitative estimate of drug-likeness (QED) is 0.818. The fourth-order valence-electron chi connectivity index (χ4n) is 2.17. The molecule has 0 bridgehead atoms. The molecule has 0 fully saturated rings. The normalized spacial score (nSPS) is 16.6. The van der Waals surface area contributed by atoms with Gasteiger partial charge in [-0.05, 0) is 25.5 Å². The minimum Gasteiger partial charge on any atom is -0.487 e. The second-order valence-corrected chi connectivity index (χ2v) is 4.98. The number of nitrogens with two attached hydrogens (primary N) is 1. The molecule has 1 aromatic heterocycles. The maximum absolute atomic E-state index is 5.87. The lowest BCUT2D eigenvalue weighted by molar-refractivity contribution is 0.138. The van der Waals surface area contributed by atoms with Crippen LogP contribution in [0.5, 0.6) is 5.75 Å². The summed E-state index contributed by atoms with van der Waals surface area (Å²) in [6.45, 7) is 4.16. The average Bonchev–Trinajstić information content (AvgIpc) is 2.78. The lowest BCUT2D eigenvalue weighted by atomic mass is 10.0. The molecule has 0 aliphatic carbocycles. The van der Waals surface area contributed by atoms with Gasteiger partial charge in [0.15, 0.2) is 11.6 Å². The highest BCUT2D eigenvalue weighted by molar-refractivity contribution is 5.63. The van der Waals surface area contributed by atoms with Crippen molar-refractivity contribution in [2.24, 2.45) is 0 Å². The Hall–Kier alpha value is -1.97. The van der Waals surface area contributed by atoms with E-state index in [4.69, 9.17) is 15.0 Å². The summed E-state index contributed by atoms with van der Waals surface area (Å²) in [5.41, 5.74) is 7.58. The monoisotopic (exact) mass is 230 g/mol. The Labute approximate surface area is 99.4 Å². The van der Waals surface area contributed by atoms with Crippen LogP contribution in [0.1, 0.15) is 19.4 Å². The molecule has 0 radical (unpaired) electrons. The molecule has 3 rings (SSSR count). The molecule has 0 atom stereocenters.